The first-order chi connectivity index (χ1) is 7.59. The molecule has 2 aromatic heterocycles. The Morgan fingerprint density at radius 2 is 1.81 bits per heavy atom. The molecule has 0 radical (unpaired) electrons. The second-order valence-electron chi connectivity index (χ2n) is 2.84. The SMILES string of the molecule is O=C(NS(=O)(=O)c1cccs1)c1cccs1. The summed E-state index contributed by atoms with van der Waals surface area (Å²) in [7, 11) is -3.72. The van der Waals surface area contributed by atoms with Crippen LogP contribution >= 0.6 is 22.7 Å². The van der Waals surface area contributed by atoms with Crippen LogP contribution in [0.2, 0.25) is 0 Å². The average Bonchev–Trinajstić information content (AvgIpc) is 2.91. The number of thiophene rings is 2. The molecule has 0 aromatic carbocycles. The van der Waals surface area contributed by atoms with E-state index in [4.69, 9.17) is 0 Å². The summed E-state index contributed by atoms with van der Waals surface area (Å²) >= 11 is 2.27. The molecule has 7 heteroatoms. The van der Waals surface area contributed by atoms with Gasteiger partial charge in [-0.05, 0) is 22.9 Å². The summed E-state index contributed by atoms with van der Waals surface area (Å²) in [6, 6.07) is 6.34. The molecule has 4 nitrogen and oxygen atoms in total. The van der Waals surface area contributed by atoms with Gasteiger partial charge in [0.1, 0.15) is 4.21 Å². The highest BCUT2D eigenvalue weighted by atomic mass is 32.2. The fraction of sp³-hybridized carbons (Fsp3) is 0. The summed E-state index contributed by atoms with van der Waals surface area (Å²) in [5, 5.41) is 3.36. The van der Waals surface area contributed by atoms with Gasteiger partial charge in [-0.15, -0.1) is 22.7 Å². The molecule has 0 aliphatic carbocycles. The maximum atomic E-state index is 11.7. The minimum Gasteiger partial charge on any atom is -0.267 e. The number of carbonyl (C=O) groups excluding carboxylic acids is 1. The van der Waals surface area contributed by atoms with Crippen LogP contribution in [0.4, 0.5) is 0 Å². The normalized spacial score (nSPS) is 11.2. The molecule has 0 spiro atoms. The zero-order valence-electron chi connectivity index (χ0n) is 7.91. The second-order valence-corrected chi connectivity index (χ2v) is 6.65. The summed E-state index contributed by atoms with van der Waals surface area (Å²) in [6.07, 6.45) is 0. The smallest absolute Gasteiger partial charge is 0.267 e. The summed E-state index contributed by atoms with van der Waals surface area (Å²) in [5.41, 5.74) is 0. The van der Waals surface area contributed by atoms with Gasteiger partial charge in [-0.2, -0.15) is 0 Å². The first-order valence-electron chi connectivity index (χ1n) is 4.24. The standard InChI is InChI=1S/C9H7NO3S3/c11-9(7-3-1-5-14-7)10-16(12,13)8-4-2-6-15-8/h1-6H,(H,10,11). The highest BCUT2D eigenvalue weighted by Crippen LogP contribution is 2.16. The van der Waals surface area contributed by atoms with Crippen LogP contribution in [0.15, 0.2) is 39.2 Å². The quantitative estimate of drug-likeness (QED) is 0.929. The summed E-state index contributed by atoms with van der Waals surface area (Å²) in [5.74, 6) is -0.594. The van der Waals surface area contributed by atoms with E-state index in [1.165, 1.54) is 17.4 Å². The Kier molecular flexibility index (Phi) is 3.08. The van der Waals surface area contributed by atoms with Crippen LogP contribution in [0.5, 0.6) is 0 Å². The van der Waals surface area contributed by atoms with E-state index in [1.54, 1.807) is 29.0 Å². The molecular formula is C9H7NO3S3. The van der Waals surface area contributed by atoms with Gasteiger partial charge in [-0.3, -0.25) is 4.79 Å². The van der Waals surface area contributed by atoms with E-state index in [2.05, 4.69) is 0 Å². The number of amides is 1. The molecule has 0 fully saturated rings. The first kappa shape index (κ1) is 11.3. The Bertz CT molecular complexity index is 570. The van der Waals surface area contributed by atoms with E-state index in [0.29, 0.717) is 4.88 Å². The number of rotatable bonds is 3. The third-order valence-corrected chi connectivity index (χ3v) is 5.33. The molecule has 0 unspecified atom stereocenters. The van der Waals surface area contributed by atoms with Crippen LogP contribution in [0, 0.1) is 0 Å². The average molecular weight is 273 g/mol. The van der Waals surface area contributed by atoms with Gasteiger partial charge in [-0.25, -0.2) is 13.1 Å². The van der Waals surface area contributed by atoms with Crippen LogP contribution in [0.3, 0.4) is 0 Å². The molecule has 2 rings (SSSR count). The lowest BCUT2D eigenvalue weighted by Crippen LogP contribution is -2.29. The van der Waals surface area contributed by atoms with Crippen molar-refractivity contribution in [3.05, 3.63) is 39.9 Å². The zero-order chi connectivity index (χ0) is 11.6. The van der Waals surface area contributed by atoms with Crippen LogP contribution in [-0.4, -0.2) is 14.3 Å². The lowest BCUT2D eigenvalue weighted by atomic mass is 10.5. The van der Waals surface area contributed by atoms with Crippen molar-refractivity contribution in [1.29, 1.82) is 0 Å². The van der Waals surface area contributed by atoms with Gasteiger partial charge in [0.25, 0.3) is 15.9 Å². The predicted molar refractivity (Wildman–Crippen MR) is 63.3 cm³/mol. The maximum absolute atomic E-state index is 11.7. The minimum absolute atomic E-state index is 0.136. The molecule has 1 N–H and O–H groups in total. The van der Waals surface area contributed by atoms with Crippen molar-refractivity contribution >= 4 is 38.6 Å². The lowest BCUT2D eigenvalue weighted by molar-refractivity contribution is 0.0985. The number of carbonyl (C=O) groups is 1. The van der Waals surface area contributed by atoms with Gasteiger partial charge < -0.3 is 0 Å². The Morgan fingerprint density at radius 1 is 1.12 bits per heavy atom. The molecule has 2 aromatic rings. The molecule has 0 atom stereocenters. The lowest BCUT2D eigenvalue weighted by Gasteiger charge is -2.02. The Balaban J connectivity index is 2.20. The van der Waals surface area contributed by atoms with Crippen molar-refractivity contribution in [3.8, 4) is 0 Å². The van der Waals surface area contributed by atoms with E-state index in [-0.39, 0.29) is 4.21 Å². The van der Waals surface area contributed by atoms with Crippen LogP contribution in [0.1, 0.15) is 9.67 Å². The Labute approximate surface area is 101 Å². The van der Waals surface area contributed by atoms with Crippen LogP contribution in [-0.2, 0) is 10.0 Å². The highest BCUT2D eigenvalue weighted by Gasteiger charge is 2.19. The van der Waals surface area contributed by atoms with E-state index in [9.17, 15) is 13.2 Å². The minimum atomic E-state index is -3.72. The zero-order valence-corrected chi connectivity index (χ0v) is 10.4. The van der Waals surface area contributed by atoms with Gasteiger partial charge >= 0.3 is 0 Å². The Morgan fingerprint density at radius 3 is 2.38 bits per heavy atom. The summed E-state index contributed by atoms with van der Waals surface area (Å²) < 4.78 is 25.5. The number of hydrogen-bond acceptors (Lipinski definition) is 5. The molecule has 0 bridgehead atoms. The van der Waals surface area contributed by atoms with Gasteiger partial charge in [0.05, 0.1) is 4.88 Å². The van der Waals surface area contributed by atoms with Gasteiger partial charge in [0, 0.05) is 0 Å². The monoisotopic (exact) mass is 273 g/mol. The van der Waals surface area contributed by atoms with Crippen molar-refractivity contribution in [2.24, 2.45) is 0 Å². The van der Waals surface area contributed by atoms with Crippen LogP contribution in [0.25, 0.3) is 0 Å². The first-order valence-corrected chi connectivity index (χ1v) is 7.48. The highest BCUT2D eigenvalue weighted by molar-refractivity contribution is 7.92. The predicted octanol–water partition coefficient (Wildman–Crippen LogP) is 1.93. The van der Waals surface area contributed by atoms with Crippen LogP contribution < -0.4 is 4.72 Å². The van der Waals surface area contributed by atoms with Gasteiger partial charge in [0.15, 0.2) is 0 Å². The summed E-state index contributed by atoms with van der Waals surface area (Å²) in [4.78, 5) is 11.9. The molecular weight excluding hydrogens is 266 g/mol. The van der Waals surface area contributed by atoms with Crippen molar-refractivity contribution in [3.63, 3.8) is 0 Å². The molecule has 2 heterocycles. The Hall–Kier alpha value is -1.18. The number of nitrogens with one attached hydrogen (secondary N) is 1. The fourth-order valence-electron chi connectivity index (χ4n) is 1.05. The maximum Gasteiger partial charge on any atom is 0.275 e. The molecule has 0 aliphatic heterocycles. The van der Waals surface area contributed by atoms with Crippen molar-refractivity contribution in [2.45, 2.75) is 4.21 Å². The molecule has 16 heavy (non-hydrogen) atoms. The number of hydrogen-bond donors (Lipinski definition) is 1. The third-order valence-electron chi connectivity index (χ3n) is 1.73. The van der Waals surface area contributed by atoms with E-state index in [0.717, 1.165) is 11.3 Å². The number of sulfonamides is 1. The third kappa shape index (κ3) is 2.31. The molecule has 84 valence electrons. The van der Waals surface area contributed by atoms with E-state index < -0.39 is 15.9 Å². The molecule has 1 amide bonds. The molecule has 0 saturated carbocycles. The van der Waals surface area contributed by atoms with Crippen molar-refractivity contribution < 1.29 is 13.2 Å². The molecule has 0 saturated heterocycles. The van der Waals surface area contributed by atoms with E-state index >= 15 is 0 Å². The van der Waals surface area contributed by atoms with Gasteiger partial charge in [-0.1, -0.05) is 12.1 Å². The fourth-order valence-corrected chi connectivity index (χ4v) is 3.69. The summed E-state index contributed by atoms with van der Waals surface area (Å²) in [6.45, 7) is 0. The second kappa shape index (κ2) is 4.36. The van der Waals surface area contributed by atoms with E-state index in [1.807, 2.05) is 4.72 Å². The van der Waals surface area contributed by atoms with Crippen molar-refractivity contribution in [1.82, 2.24) is 4.72 Å². The molecule has 0 aliphatic rings. The van der Waals surface area contributed by atoms with Gasteiger partial charge in [0.2, 0.25) is 0 Å². The largest absolute Gasteiger partial charge is 0.275 e. The topological polar surface area (TPSA) is 63.2 Å². The van der Waals surface area contributed by atoms with Crippen molar-refractivity contribution in [2.75, 3.05) is 0 Å².